The number of aromatic nitrogens is 7. The zero-order chi connectivity index (χ0) is 36.4. The van der Waals surface area contributed by atoms with Crippen LogP contribution in [0.5, 0.6) is 0 Å². The lowest BCUT2D eigenvalue weighted by molar-refractivity contribution is -0.118. The highest BCUT2D eigenvalue weighted by atomic mass is 32.5. The first-order valence-electron chi connectivity index (χ1n) is 15.7. The number of nitrogen functional groups attached to an aromatic ring is 1. The number of methoxy groups -OCH3 is 1. The molecule has 2 aliphatic rings. The summed E-state index contributed by atoms with van der Waals surface area (Å²) in [5, 5.41) is 33.2. The summed E-state index contributed by atoms with van der Waals surface area (Å²) in [5.41, 5.74) is 6.30. The molecule has 2 fully saturated rings. The molecule has 4 aromatic heterocycles. The number of nitrogens with zero attached hydrogens (tertiary/aromatic N) is 7. The van der Waals surface area contributed by atoms with Crippen molar-refractivity contribution in [2.24, 2.45) is 5.92 Å². The zero-order valence-corrected chi connectivity index (χ0v) is 30.0. The summed E-state index contributed by atoms with van der Waals surface area (Å²) in [4.78, 5) is 44.9. The van der Waals surface area contributed by atoms with Gasteiger partial charge < -0.3 is 43.7 Å². The molecule has 2 aliphatic heterocycles. The number of rotatable bonds is 14. The highest BCUT2D eigenvalue weighted by molar-refractivity contribution is 8.07. The van der Waals surface area contributed by atoms with Gasteiger partial charge in [0, 0.05) is 19.4 Å². The molecule has 4 aromatic rings. The van der Waals surface area contributed by atoms with Crippen molar-refractivity contribution < 1.29 is 42.8 Å². The van der Waals surface area contributed by atoms with Gasteiger partial charge in [0.2, 0.25) is 11.9 Å². The lowest BCUT2D eigenvalue weighted by atomic mass is 10.1. The van der Waals surface area contributed by atoms with Crippen LogP contribution in [0.3, 0.4) is 0 Å². The van der Waals surface area contributed by atoms with Crippen LogP contribution in [0.1, 0.15) is 43.9 Å². The molecule has 1 unspecified atom stereocenters. The Labute approximate surface area is 298 Å². The summed E-state index contributed by atoms with van der Waals surface area (Å²) in [7, 11) is 1.38. The predicted molar refractivity (Wildman–Crippen MR) is 183 cm³/mol. The number of H-pyrrole nitrogens is 1. The van der Waals surface area contributed by atoms with Gasteiger partial charge in [0.1, 0.15) is 41.8 Å². The molecular weight excluding hydrogens is 731 g/mol. The number of carbonyl (C=O) groups is 1. The molecule has 20 nitrogen and oxygen atoms in total. The summed E-state index contributed by atoms with van der Waals surface area (Å²) in [6.45, 7) is -1.10. The van der Waals surface area contributed by atoms with Gasteiger partial charge in [-0.15, -0.1) is 0 Å². The van der Waals surface area contributed by atoms with E-state index in [1.54, 1.807) is 13.8 Å². The van der Waals surface area contributed by atoms with Crippen molar-refractivity contribution in [3.63, 3.8) is 0 Å². The van der Waals surface area contributed by atoms with Gasteiger partial charge in [0.05, 0.1) is 55.7 Å². The summed E-state index contributed by atoms with van der Waals surface area (Å²) in [6, 6.07) is 1.98. The first-order valence-corrected chi connectivity index (χ1v) is 19.0. The van der Waals surface area contributed by atoms with E-state index < -0.39 is 61.7 Å². The Morgan fingerprint density at radius 2 is 2.08 bits per heavy atom. The predicted octanol–water partition coefficient (Wildman–Crippen LogP) is 1.05. The molecule has 6 heterocycles. The standard InChI is InChI=1S/C28H35N10O10PS2/c1-12(2)25(41)35-28-34-24-19(26(42)36-28)33-11-38(24)27-20(40)21(43-3)16(47-27)9-45-49(50,44-6-4-5-29)48-13-7-14(46-15(13)8-39)22-17-18(37-51-22)23(30)32-10-31-17/h10-16,20-21,27,39-40H,4,6-9H2,1-3H3,(H2,30,31,32)(H2,34,35,36,41,42)/t13-,14+,15+,16+,20+,21+,27+,49?/m0/s1. The van der Waals surface area contributed by atoms with Crippen LogP contribution >= 0.6 is 18.3 Å². The number of aliphatic hydroxyl groups is 2. The molecule has 274 valence electrons. The number of hydrogen-bond acceptors (Lipinski definition) is 19. The van der Waals surface area contributed by atoms with Crippen molar-refractivity contribution >= 4 is 69.9 Å². The highest BCUT2D eigenvalue weighted by Gasteiger charge is 2.47. The Morgan fingerprint density at radius 3 is 2.80 bits per heavy atom. The molecule has 0 bridgehead atoms. The van der Waals surface area contributed by atoms with Crippen LogP contribution in [-0.4, -0.2) is 107 Å². The van der Waals surface area contributed by atoms with Crippen LogP contribution < -0.4 is 16.6 Å². The molecule has 23 heteroatoms. The van der Waals surface area contributed by atoms with E-state index in [0.717, 1.165) is 11.5 Å². The van der Waals surface area contributed by atoms with Crippen molar-refractivity contribution in [1.82, 2.24) is 33.9 Å². The fourth-order valence-electron chi connectivity index (χ4n) is 5.61. The van der Waals surface area contributed by atoms with Crippen molar-refractivity contribution in [2.45, 2.75) is 69.5 Å². The maximum atomic E-state index is 12.7. The number of ether oxygens (including phenoxy) is 3. The van der Waals surface area contributed by atoms with Crippen molar-refractivity contribution in [1.29, 1.82) is 5.26 Å². The maximum absolute atomic E-state index is 12.7. The summed E-state index contributed by atoms with van der Waals surface area (Å²) >= 11 is 6.92. The molecule has 8 atom stereocenters. The Hall–Kier alpha value is -3.59. The number of aromatic amines is 1. The quantitative estimate of drug-likeness (QED) is 0.0886. The largest absolute Gasteiger partial charge is 0.394 e. The number of nitrogens with two attached hydrogens (primary N) is 1. The first-order chi connectivity index (χ1) is 24.5. The van der Waals surface area contributed by atoms with Gasteiger partial charge in [-0.05, 0) is 23.3 Å². The molecule has 6 rings (SSSR count). The van der Waals surface area contributed by atoms with E-state index in [1.165, 1.54) is 24.3 Å². The number of nitrogens with one attached hydrogen (secondary N) is 2. The van der Waals surface area contributed by atoms with Crippen molar-refractivity contribution in [2.75, 3.05) is 38.0 Å². The van der Waals surface area contributed by atoms with Crippen molar-refractivity contribution in [3.8, 4) is 6.07 Å². The lowest BCUT2D eigenvalue weighted by Crippen LogP contribution is -2.36. The summed E-state index contributed by atoms with van der Waals surface area (Å²) in [6.07, 6.45) is -3.72. The lowest BCUT2D eigenvalue weighted by Gasteiger charge is -2.28. The molecule has 0 aliphatic carbocycles. The number of nitriles is 1. The SMILES string of the molecule is CO[C@H]1[C@@H](O)[C@H](n2cnc3c(=O)[nH]c(NC(=O)C(C)C)nc32)O[C@@H]1COP(=S)(OCCC#N)O[C@H]1C[C@H](c2snc3c(N)ncnc23)O[C@@H]1CO. The van der Waals surface area contributed by atoms with Gasteiger partial charge >= 0.3 is 6.72 Å². The summed E-state index contributed by atoms with van der Waals surface area (Å²) in [5.74, 6) is -0.619. The monoisotopic (exact) mass is 766 g/mol. The molecule has 0 saturated carbocycles. The number of aliphatic hydroxyl groups excluding tert-OH is 2. The van der Waals surface area contributed by atoms with E-state index in [0.29, 0.717) is 15.9 Å². The Kier molecular flexibility index (Phi) is 11.3. The first kappa shape index (κ1) is 37.2. The summed E-state index contributed by atoms with van der Waals surface area (Å²) < 4.78 is 41.8. The van der Waals surface area contributed by atoms with Gasteiger partial charge in [-0.25, -0.2) is 15.0 Å². The van der Waals surface area contributed by atoms with E-state index in [9.17, 15) is 19.8 Å². The zero-order valence-electron chi connectivity index (χ0n) is 27.4. The number of carbonyl (C=O) groups excluding carboxylic acids is 1. The van der Waals surface area contributed by atoms with E-state index in [4.69, 9.17) is 50.6 Å². The topological polar surface area (TPSA) is 277 Å². The second-order valence-corrected chi connectivity index (χ2v) is 15.6. The number of fused-ring (bicyclic) bond motifs is 2. The van der Waals surface area contributed by atoms with Gasteiger partial charge in [0.15, 0.2) is 23.2 Å². The molecule has 1 amide bonds. The Morgan fingerprint density at radius 1 is 1.27 bits per heavy atom. The van der Waals surface area contributed by atoms with Gasteiger partial charge in [-0.3, -0.25) is 24.5 Å². The molecular formula is C28H35N10O10PS2. The number of imidazole rings is 1. The smallest absolute Gasteiger partial charge is 0.327 e. The third-order valence-corrected chi connectivity index (χ3v) is 11.5. The van der Waals surface area contributed by atoms with Crippen LogP contribution in [-0.2, 0) is 44.4 Å². The van der Waals surface area contributed by atoms with Gasteiger partial charge in [0.25, 0.3) is 5.56 Å². The minimum Gasteiger partial charge on any atom is -0.394 e. The average molecular weight is 767 g/mol. The van der Waals surface area contributed by atoms with Crippen LogP contribution in [0.2, 0.25) is 0 Å². The van der Waals surface area contributed by atoms with Crippen molar-refractivity contribution in [3.05, 3.63) is 27.9 Å². The van der Waals surface area contributed by atoms with Crippen LogP contribution in [0.15, 0.2) is 17.4 Å². The van der Waals surface area contributed by atoms with E-state index >= 15 is 0 Å². The fraction of sp³-hybridized carbons (Fsp3) is 0.571. The maximum Gasteiger partial charge on any atom is 0.327 e. The minimum atomic E-state index is -3.67. The molecule has 0 aromatic carbocycles. The Balaban J connectivity index is 1.20. The molecule has 2 saturated heterocycles. The van der Waals surface area contributed by atoms with Crippen LogP contribution in [0, 0.1) is 17.2 Å². The second kappa shape index (κ2) is 15.6. The van der Waals surface area contributed by atoms with Gasteiger partial charge in [-0.1, -0.05) is 13.8 Å². The second-order valence-electron chi connectivity index (χ2n) is 11.9. The molecule has 51 heavy (non-hydrogen) atoms. The number of amides is 1. The van der Waals surface area contributed by atoms with E-state index in [1.807, 2.05) is 6.07 Å². The fourth-order valence-corrected chi connectivity index (χ4v) is 8.62. The average Bonchev–Trinajstić information content (AvgIpc) is 3.88. The molecule has 0 spiro atoms. The third kappa shape index (κ3) is 7.65. The normalized spacial score (nSPS) is 26.2. The third-order valence-electron chi connectivity index (χ3n) is 8.17. The molecule has 6 N–H and O–H groups in total. The van der Waals surface area contributed by atoms with Crippen LogP contribution in [0.25, 0.3) is 22.2 Å². The van der Waals surface area contributed by atoms with Crippen LogP contribution in [0.4, 0.5) is 11.8 Å². The number of hydrogen-bond donors (Lipinski definition) is 5. The minimum absolute atomic E-state index is 0.00678. The van der Waals surface area contributed by atoms with E-state index in [-0.39, 0.29) is 60.8 Å². The number of anilines is 2. The highest BCUT2D eigenvalue weighted by Crippen LogP contribution is 2.55. The van der Waals surface area contributed by atoms with E-state index in [2.05, 4.69) is 34.6 Å². The Bertz CT molecular complexity index is 2040. The molecule has 0 radical (unpaired) electrons. The van der Waals surface area contributed by atoms with Gasteiger partial charge in [-0.2, -0.15) is 14.6 Å².